The van der Waals surface area contributed by atoms with Gasteiger partial charge < -0.3 is 20.5 Å². The number of hydrogen-bond donors (Lipinski definition) is 3. The number of anilines is 1. The molecular formula is C22H17Cl2N5O3. The molecule has 0 saturated carbocycles. The maximum atomic E-state index is 12.3. The van der Waals surface area contributed by atoms with Gasteiger partial charge in [-0.3, -0.25) is 9.89 Å². The van der Waals surface area contributed by atoms with Crippen LogP contribution in [0.4, 0.5) is 5.69 Å². The SMILES string of the molecule is Cc1[nH]nc2c1C(c1cccc(OCC(=O)Nc3ccc(Cl)c(Cl)c3)c1)C(C#N)=C(N)O2. The van der Waals surface area contributed by atoms with Crippen molar-refractivity contribution in [2.75, 3.05) is 11.9 Å². The Labute approximate surface area is 193 Å². The molecule has 1 unspecified atom stereocenters. The van der Waals surface area contributed by atoms with E-state index in [9.17, 15) is 10.1 Å². The Kier molecular flexibility index (Phi) is 5.95. The topological polar surface area (TPSA) is 126 Å². The number of H-pyrrole nitrogens is 1. The van der Waals surface area contributed by atoms with Gasteiger partial charge >= 0.3 is 0 Å². The molecule has 10 heteroatoms. The molecule has 1 aliphatic heterocycles. The summed E-state index contributed by atoms with van der Waals surface area (Å²) in [6.45, 7) is 1.61. The van der Waals surface area contributed by atoms with Crippen LogP contribution in [0.1, 0.15) is 22.7 Å². The van der Waals surface area contributed by atoms with E-state index in [1.54, 1.807) is 36.4 Å². The number of nitrogens with zero attached hydrogens (tertiary/aromatic N) is 2. The largest absolute Gasteiger partial charge is 0.484 e. The second kappa shape index (κ2) is 8.83. The van der Waals surface area contributed by atoms with E-state index in [4.69, 9.17) is 38.4 Å². The molecule has 0 saturated heterocycles. The highest BCUT2D eigenvalue weighted by Gasteiger charge is 2.34. The molecule has 32 heavy (non-hydrogen) atoms. The number of rotatable bonds is 5. The second-order valence-electron chi connectivity index (χ2n) is 7.03. The first-order chi connectivity index (χ1) is 15.4. The lowest BCUT2D eigenvalue weighted by Gasteiger charge is -2.24. The fourth-order valence-electron chi connectivity index (χ4n) is 3.44. The molecule has 0 bridgehead atoms. The van der Waals surface area contributed by atoms with Crippen molar-refractivity contribution in [1.82, 2.24) is 10.2 Å². The summed E-state index contributed by atoms with van der Waals surface area (Å²) in [4.78, 5) is 12.3. The van der Waals surface area contributed by atoms with E-state index in [1.807, 2.05) is 13.0 Å². The van der Waals surface area contributed by atoms with Crippen LogP contribution in [0.15, 0.2) is 53.9 Å². The molecule has 0 aliphatic carbocycles. The Morgan fingerprint density at radius 3 is 2.88 bits per heavy atom. The minimum Gasteiger partial charge on any atom is -0.484 e. The molecule has 1 atom stereocenters. The minimum absolute atomic E-state index is 0.00354. The second-order valence-corrected chi connectivity index (χ2v) is 7.84. The van der Waals surface area contributed by atoms with Crippen molar-refractivity contribution < 1.29 is 14.3 Å². The molecule has 4 N–H and O–H groups in total. The van der Waals surface area contributed by atoms with Gasteiger partial charge in [0.1, 0.15) is 17.4 Å². The number of carbonyl (C=O) groups excluding carboxylic acids is 1. The lowest BCUT2D eigenvalue weighted by molar-refractivity contribution is -0.118. The van der Waals surface area contributed by atoms with E-state index in [1.165, 1.54) is 0 Å². The van der Waals surface area contributed by atoms with Crippen molar-refractivity contribution in [3.05, 3.63) is 80.8 Å². The van der Waals surface area contributed by atoms with Crippen LogP contribution in [0, 0.1) is 18.3 Å². The summed E-state index contributed by atoms with van der Waals surface area (Å²) in [5.74, 6) is -0.0530. The Morgan fingerprint density at radius 1 is 1.31 bits per heavy atom. The Bertz CT molecular complexity index is 1280. The van der Waals surface area contributed by atoms with Gasteiger partial charge in [-0.15, -0.1) is 5.10 Å². The number of hydrogen-bond acceptors (Lipinski definition) is 6. The number of nitrogens with one attached hydrogen (secondary N) is 2. The Morgan fingerprint density at radius 2 is 2.12 bits per heavy atom. The molecule has 1 aromatic heterocycles. The number of benzene rings is 2. The Balaban J connectivity index is 1.52. The molecule has 0 spiro atoms. The summed E-state index contributed by atoms with van der Waals surface area (Å²) in [6, 6.07) is 14.0. The van der Waals surface area contributed by atoms with Gasteiger partial charge in [0.2, 0.25) is 11.8 Å². The van der Waals surface area contributed by atoms with Gasteiger partial charge in [-0.25, -0.2) is 0 Å². The third kappa shape index (κ3) is 4.21. The quantitative estimate of drug-likeness (QED) is 0.512. The van der Waals surface area contributed by atoms with Crippen molar-refractivity contribution in [3.63, 3.8) is 0 Å². The number of carbonyl (C=O) groups is 1. The fraction of sp³-hybridized carbons (Fsp3) is 0.136. The zero-order valence-electron chi connectivity index (χ0n) is 16.8. The smallest absolute Gasteiger partial charge is 0.262 e. The van der Waals surface area contributed by atoms with Gasteiger partial charge in [-0.2, -0.15) is 5.26 Å². The van der Waals surface area contributed by atoms with Gasteiger partial charge in [0.15, 0.2) is 6.61 Å². The predicted molar refractivity (Wildman–Crippen MR) is 120 cm³/mol. The van der Waals surface area contributed by atoms with Gasteiger partial charge in [0, 0.05) is 16.9 Å². The summed E-state index contributed by atoms with van der Waals surface area (Å²) in [5.41, 5.74) is 8.97. The predicted octanol–water partition coefficient (Wildman–Crippen LogP) is 4.26. The van der Waals surface area contributed by atoms with E-state index >= 15 is 0 Å². The number of aromatic amines is 1. The third-order valence-electron chi connectivity index (χ3n) is 4.89. The summed E-state index contributed by atoms with van der Waals surface area (Å²) in [6.07, 6.45) is 0. The van der Waals surface area contributed by atoms with Crippen molar-refractivity contribution in [1.29, 1.82) is 5.26 Å². The first-order valence-corrected chi connectivity index (χ1v) is 10.2. The highest BCUT2D eigenvalue weighted by Crippen LogP contribution is 2.43. The molecule has 2 heterocycles. The van der Waals surface area contributed by atoms with Gasteiger partial charge in [-0.1, -0.05) is 35.3 Å². The Hall–Kier alpha value is -3.67. The van der Waals surface area contributed by atoms with Crippen LogP contribution in [0.2, 0.25) is 10.0 Å². The molecule has 1 amide bonds. The van der Waals surface area contributed by atoms with Crippen LogP contribution in [0.3, 0.4) is 0 Å². The average molecular weight is 470 g/mol. The summed E-state index contributed by atoms with van der Waals surface area (Å²) in [5, 5.41) is 20.1. The first kappa shape index (κ1) is 21.6. The normalized spacial score (nSPS) is 14.9. The number of allylic oxidation sites excluding steroid dienone is 1. The van der Waals surface area contributed by atoms with E-state index < -0.39 is 5.92 Å². The molecule has 0 radical (unpaired) electrons. The molecule has 8 nitrogen and oxygen atoms in total. The van der Waals surface area contributed by atoms with Crippen molar-refractivity contribution in [2.45, 2.75) is 12.8 Å². The number of nitrogens with two attached hydrogens (primary N) is 1. The lowest BCUT2D eigenvalue weighted by atomic mass is 9.84. The molecule has 0 fully saturated rings. The molecule has 1 aliphatic rings. The van der Waals surface area contributed by atoms with Crippen molar-refractivity contribution >= 4 is 34.8 Å². The van der Waals surface area contributed by atoms with Crippen molar-refractivity contribution in [2.24, 2.45) is 5.73 Å². The number of aromatic nitrogens is 2. The lowest BCUT2D eigenvalue weighted by Crippen LogP contribution is -2.21. The number of nitriles is 1. The van der Waals surface area contributed by atoms with E-state index in [0.29, 0.717) is 27.4 Å². The highest BCUT2D eigenvalue weighted by atomic mass is 35.5. The van der Waals surface area contributed by atoms with E-state index in [0.717, 1.165) is 16.8 Å². The molecular weight excluding hydrogens is 453 g/mol. The minimum atomic E-state index is -0.476. The number of fused-ring (bicyclic) bond motifs is 1. The van der Waals surface area contributed by atoms with Gasteiger partial charge in [0.05, 0.1) is 16.0 Å². The third-order valence-corrected chi connectivity index (χ3v) is 5.63. The van der Waals surface area contributed by atoms with Gasteiger partial charge in [-0.05, 0) is 42.8 Å². The standard InChI is InChI=1S/C22H17Cl2N5O3/c1-11-19-20(15(9-25)21(26)32-22(19)29-28-11)12-3-2-4-14(7-12)31-10-18(30)27-13-5-6-16(23)17(24)8-13/h2-8,20H,10,26H2,1H3,(H,27,30)(H,28,29). The monoisotopic (exact) mass is 469 g/mol. The number of halogens is 2. The molecule has 2 aromatic carbocycles. The maximum absolute atomic E-state index is 12.3. The van der Waals surface area contributed by atoms with Crippen LogP contribution in [0.25, 0.3) is 0 Å². The average Bonchev–Trinajstić information content (AvgIpc) is 3.14. The molecule has 162 valence electrons. The van der Waals surface area contributed by atoms with E-state index in [2.05, 4.69) is 21.6 Å². The van der Waals surface area contributed by atoms with Crippen LogP contribution >= 0.6 is 23.2 Å². The summed E-state index contributed by atoms with van der Waals surface area (Å²) in [7, 11) is 0. The maximum Gasteiger partial charge on any atom is 0.262 e. The molecule has 4 rings (SSSR count). The molecule has 3 aromatic rings. The summed E-state index contributed by atoms with van der Waals surface area (Å²) >= 11 is 11.9. The van der Waals surface area contributed by atoms with E-state index in [-0.39, 0.29) is 24.0 Å². The number of aryl methyl sites for hydroxylation is 1. The van der Waals surface area contributed by atoms with Crippen LogP contribution in [-0.2, 0) is 4.79 Å². The zero-order chi connectivity index (χ0) is 22.8. The first-order valence-electron chi connectivity index (χ1n) is 9.47. The summed E-state index contributed by atoms with van der Waals surface area (Å²) < 4.78 is 11.1. The van der Waals surface area contributed by atoms with Crippen molar-refractivity contribution in [3.8, 4) is 17.7 Å². The number of ether oxygens (including phenoxy) is 2. The van der Waals surface area contributed by atoms with Gasteiger partial charge in [0.25, 0.3) is 5.91 Å². The fourth-order valence-corrected chi connectivity index (χ4v) is 3.73. The van der Waals surface area contributed by atoms with Crippen LogP contribution < -0.4 is 20.5 Å². The number of amides is 1. The van der Waals surface area contributed by atoms with Crippen LogP contribution in [0.5, 0.6) is 11.6 Å². The van der Waals surface area contributed by atoms with Crippen LogP contribution in [-0.4, -0.2) is 22.7 Å². The highest BCUT2D eigenvalue weighted by molar-refractivity contribution is 6.42. The zero-order valence-corrected chi connectivity index (χ0v) is 18.3.